The van der Waals surface area contributed by atoms with E-state index >= 15 is 0 Å². The maximum atomic E-state index is 10.6. The summed E-state index contributed by atoms with van der Waals surface area (Å²) in [5.74, 6) is -0.301. The second-order valence-electron chi connectivity index (χ2n) is 3.79. The second kappa shape index (κ2) is 7.52. The minimum absolute atomic E-state index is 0.192. The highest BCUT2D eigenvalue weighted by Gasteiger charge is 2.01. The van der Waals surface area contributed by atoms with Crippen LogP contribution in [0.4, 0.5) is 0 Å². The third-order valence-corrected chi connectivity index (χ3v) is 2.37. The van der Waals surface area contributed by atoms with Crippen molar-refractivity contribution in [1.82, 2.24) is 0 Å². The molecule has 0 heterocycles. The third-order valence-electron chi connectivity index (χ3n) is 1.94. The fourth-order valence-corrected chi connectivity index (χ4v) is 1.15. The number of allylic oxidation sites excluding steroid dienone is 3. The molecule has 86 valence electrons. The third kappa shape index (κ3) is 8.25. The molecular weight excluding hydrogens is 212 g/mol. The molecule has 0 N–H and O–H groups in total. The number of carbonyl (C=O) groups excluding carboxylic acids is 1. The number of esters is 1. The van der Waals surface area contributed by atoms with Gasteiger partial charge in [-0.05, 0) is 33.6 Å². The first-order valence-corrected chi connectivity index (χ1v) is 5.42. The Morgan fingerprint density at radius 1 is 1.27 bits per heavy atom. The van der Waals surface area contributed by atoms with Gasteiger partial charge in [-0.3, -0.25) is 4.79 Å². The summed E-state index contributed by atoms with van der Waals surface area (Å²) in [5.41, 5.74) is 2.38. The van der Waals surface area contributed by atoms with Crippen molar-refractivity contribution in [1.29, 1.82) is 0 Å². The Balaban J connectivity index is 4.03. The molecule has 0 bridgehead atoms. The van der Waals surface area contributed by atoms with Gasteiger partial charge in [-0.25, -0.2) is 0 Å². The number of halogens is 1. The Hall–Kier alpha value is -0.760. The number of rotatable bonds is 5. The number of hydrogen-bond donors (Lipinski definition) is 0. The van der Waals surface area contributed by atoms with Crippen LogP contribution in [0.1, 0.15) is 40.5 Å². The molecule has 0 aliphatic rings. The minimum Gasteiger partial charge on any atom is -0.460 e. The van der Waals surface area contributed by atoms with Crippen LogP contribution in [0.2, 0.25) is 0 Å². The number of ether oxygens (including phenoxy) is 1. The van der Waals surface area contributed by atoms with Crippen molar-refractivity contribution in [2.24, 2.45) is 0 Å². The highest BCUT2D eigenvalue weighted by Crippen LogP contribution is 2.15. The summed E-state index contributed by atoms with van der Waals surface area (Å²) < 4.78 is 4.81. The first-order valence-electron chi connectivity index (χ1n) is 5.04. The average molecular weight is 231 g/mol. The lowest BCUT2D eigenvalue weighted by atomic mass is 10.1. The molecule has 0 unspecified atom stereocenters. The summed E-state index contributed by atoms with van der Waals surface area (Å²) >= 11 is 5.97. The molecule has 0 amide bonds. The molecule has 0 aromatic heterocycles. The van der Waals surface area contributed by atoms with E-state index in [1.165, 1.54) is 12.5 Å². The van der Waals surface area contributed by atoms with Gasteiger partial charge in [0, 0.05) is 6.92 Å². The molecule has 0 saturated carbocycles. The number of hydrogen-bond acceptors (Lipinski definition) is 2. The molecule has 0 radical (unpaired) electrons. The summed E-state index contributed by atoms with van der Waals surface area (Å²) in [6.07, 6.45) is 4.05. The van der Waals surface area contributed by atoms with E-state index in [0.717, 1.165) is 18.4 Å². The van der Waals surface area contributed by atoms with Gasteiger partial charge in [0.1, 0.15) is 6.61 Å². The van der Waals surface area contributed by atoms with Gasteiger partial charge in [-0.2, -0.15) is 0 Å². The summed E-state index contributed by atoms with van der Waals surface area (Å²) in [4.78, 5) is 10.6. The smallest absolute Gasteiger partial charge is 0.302 e. The van der Waals surface area contributed by atoms with Crippen LogP contribution in [0, 0.1) is 0 Å². The Morgan fingerprint density at radius 3 is 2.33 bits per heavy atom. The highest BCUT2D eigenvalue weighted by molar-refractivity contribution is 6.30. The van der Waals surface area contributed by atoms with Crippen molar-refractivity contribution in [3.8, 4) is 0 Å². The van der Waals surface area contributed by atoms with Gasteiger partial charge in [-0.15, -0.1) is 0 Å². The van der Waals surface area contributed by atoms with Crippen molar-refractivity contribution < 1.29 is 9.53 Å². The standard InChI is InChI=1S/C12H19ClO2/c1-9(2)6-5-7-10(3)12(13)8-15-11(4)14/h6H,5,7-8H2,1-4H3/b12-10-. The Kier molecular flexibility index (Phi) is 7.14. The maximum Gasteiger partial charge on any atom is 0.302 e. The largest absolute Gasteiger partial charge is 0.460 e. The van der Waals surface area contributed by atoms with E-state index in [0.29, 0.717) is 5.03 Å². The van der Waals surface area contributed by atoms with E-state index in [1.54, 1.807) is 0 Å². The van der Waals surface area contributed by atoms with E-state index in [9.17, 15) is 4.79 Å². The van der Waals surface area contributed by atoms with Gasteiger partial charge in [0.25, 0.3) is 0 Å². The van der Waals surface area contributed by atoms with Crippen molar-refractivity contribution in [2.45, 2.75) is 40.5 Å². The molecule has 0 atom stereocenters. The molecule has 0 saturated heterocycles. The lowest BCUT2D eigenvalue weighted by Gasteiger charge is -2.05. The Morgan fingerprint density at radius 2 is 1.87 bits per heavy atom. The second-order valence-corrected chi connectivity index (χ2v) is 4.24. The number of carbonyl (C=O) groups is 1. The first kappa shape index (κ1) is 14.2. The molecule has 0 aromatic rings. The SMILES string of the molecule is CC(=O)OC/C(Cl)=C(\C)CCC=C(C)C. The topological polar surface area (TPSA) is 26.3 Å². The van der Waals surface area contributed by atoms with Crippen molar-refractivity contribution in [2.75, 3.05) is 6.61 Å². The zero-order valence-corrected chi connectivity index (χ0v) is 10.6. The summed E-state index contributed by atoms with van der Waals surface area (Å²) in [7, 11) is 0. The maximum absolute atomic E-state index is 10.6. The van der Waals surface area contributed by atoms with Crippen LogP contribution >= 0.6 is 11.6 Å². The van der Waals surface area contributed by atoms with Crippen molar-refractivity contribution >= 4 is 17.6 Å². The van der Waals surface area contributed by atoms with E-state index in [4.69, 9.17) is 16.3 Å². The van der Waals surface area contributed by atoms with Crippen LogP contribution < -0.4 is 0 Å². The molecule has 2 nitrogen and oxygen atoms in total. The van der Waals surface area contributed by atoms with Crippen LogP contribution in [0.5, 0.6) is 0 Å². The van der Waals surface area contributed by atoms with Crippen LogP contribution in [0.25, 0.3) is 0 Å². The predicted octanol–water partition coefficient (Wildman–Crippen LogP) is 3.81. The molecule has 15 heavy (non-hydrogen) atoms. The van der Waals surface area contributed by atoms with Gasteiger partial charge in [0.05, 0.1) is 5.03 Å². The lowest BCUT2D eigenvalue weighted by molar-refractivity contribution is -0.139. The van der Waals surface area contributed by atoms with Crippen molar-refractivity contribution in [3.05, 3.63) is 22.3 Å². The van der Waals surface area contributed by atoms with E-state index < -0.39 is 0 Å². The average Bonchev–Trinajstić information content (AvgIpc) is 2.13. The molecule has 0 aromatic carbocycles. The van der Waals surface area contributed by atoms with Crippen LogP contribution in [0.15, 0.2) is 22.3 Å². The van der Waals surface area contributed by atoms with Gasteiger partial charge < -0.3 is 4.74 Å². The van der Waals surface area contributed by atoms with Gasteiger partial charge in [0.15, 0.2) is 0 Å². The molecule has 0 aliphatic carbocycles. The minimum atomic E-state index is -0.301. The lowest BCUT2D eigenvalue weighted by Crippen LogP contribution is -2.01. The van der Waals surface area contributed by atoms with Crippen LogP contribution in [0.3, 0.4) is 0 Å². The normalized spacial score (nSPS) is 11.8. The molecule has 0 aliphatic heterocycles. The zero-order valence-electron chi connectivity index (χ0n) is 9.89. The van der Waals surface area contributed by atoms with E-state index in [2.05, 4.69) is 19.9 Å². The molecule has 0 spiro atoms. The monoisotopic (exact) mass is 230 g/mol. The van der Waals surface area contributed by atoms with E-state index in [-0.39, 0.29) is 12.6 Å². The van der Waals surface area contributed by atoms with Crippen molar-refractivity contribution in [3.63, 3.8) is 0 Å². The van der Waals surface area contributed by atoms with Gasteiger partial charge in [0.2, 0.25) is 0 Å². The summed E-state index contributed by atoms with van der Waals surface area (Å²) in [6, 6.07) is 0. The Labute approximate surface area is 97.0 Å². The van der Waals surface area contributed by atoms with Crippen LogP contribution in [-0.2, 0) is 9.53 Å². The fourth-order valence-electron chi connectivity index (χ4n) is 1.00. The predicted molar refractivity (Wildman–Crippen MR) is 63.9 cm³/mol. The zero-order chi connectivity index (χ0) is 11.8. The van der Waals surface area contributed by atoms with E-state index in [1.807, 2.05) is 6.92 Å². The van der Waals surface area contributed by atoms with Crippen LogP contribution in [-0.4, -0.2) is 12.6 Å². The molecule has 0 fully saturated rings. The quantitative estimate of drug-likeness (QED) is 0.530. The Bertz CT molecular complexity index is 273. The fraction of sp³-hybridized carbons (Fsp3) is 0.583. The van der Waals surface area contributed by atoms with Gasteiger partial charge in [-0.1, -0.05) is 28.8 Å². The molecule has 0 rings (SSSR count). The first-order chi connectivity index (χ1) is 6.93. The summed E-state index contributed by atoms with van der Waals surface area (Å²) in [5, 5.41) is 0.632. The molecule has 3 heteroatoms. The highest BCUT2D eigenvalue weighted by atomic mass is 35.5. The summed E-state index contributed by atoms with van der Waals surface area (Å²) in [6.45, 7) is 7.67. The van der Waals surface area contributed by atoms with Gasteiger partial charge >= 0.3 is 5.97 Å². The molecular formula is C12H19ClO2.